The molecule has 2 aromatic rings. The maximum atomic E-state index is 4.64. The first-order valence-electron chi connectivity index (χ1n) is 6.93. The third-order valence-electron chi connectivity index (χ3n) is 4.08. The number of nitrogens with zero attached hydrogens (tertiary/aromatic N) is 4. The van der Waals surface area contributed by atoms with E-state index >= 15 is 0 Å². The highest BCUT2D eigenvalue weighted by Crippen LogP contribution is 2.33. The molecular formula is C14H21N5. The van der Waals surface area contributed by atoms with Crippen molar-refractivity contribution in [1.29, 1.82) is 0 Å². The quantitative estimate of drug-likeness (QED) is 0.899. The van der Waals surface area contributed by atoms with Gasteiger partial charge in [0.05, 0.1) is 17.4 Å². The smallest absolute Gasteiger partial charge is 0.203 e. The fourth-order valence-corrected chi connectivity index (χ4v) is 3.00. The number of imidazole rings is 1. The summed E-state index contributed by atoms with van der Waals surface area (Å²) in [7, 11) is 2.01. The van der Waals surface area contributed by atoms with Crippen LogP contribution in [0.1, 0.15) is 42.0 Å². The van der Waals surface area contributed by atoms with E-state index in [1.807, 2.05) is 11.7 Å². The van der Waals surface area contributed by atoms with Gasteiger partial charge >= 0.3 is 0 Å². The molecule has 0 amide bonds. The molecule has 3 rings (SSSR count). The van der Waals surface area contributed by atoms with E-state index in [0.717, 1.165) is 36.7 Å². The largest absolute Gasteiger partial charge is 0.356 e. The molecular weight excluding hydrogens is 238 g/mol. The standard InChI is InChI=1S/C14H21N5/c1-5-11-8-19-12(6-7-15-14(19)16-11)13-9(2)17-18(4)10(13)3/h8,12H,5-7H2,1-4H3,(H,15,16). The van der Waals surface area contributed by atoms with Gasteiger partial charge < -0.3 is 9.88 Å². The maximum absolute atomic E-state index is 4.64. The van der Waals surface area contributed by atoms with Crippen molar-refractivity contribution < 1.29 is 0 Å². The van der Waals surface area contributed by atoms with Crippen LogP contribution in [-0.2, 0) is 13.5 Å². The minimum absolute atomic E-state index is 0.359. The normalized spacial score (nSPS) is 18.2. The number of nitrogens with one attached hydrogen (secondary N) is 1. The molecule has 0 saturated carbocycles. The summed E-state index contributed by atoms with van der Waals surface area (Å²) < 4.78 is 4.25. The zero-order valence-corrected chi connectivity index (χ0v) is 12.1. The summed E-state index contributed by atoms with van der Waals surface area (Å²) in [5.41, 5.74) is 4.88. The van der Waals surface area contributed by atoms with Gasteiger partial charge in [-0.25, -0.2) is 4.98 Å². The average molecular weight is 259 g/mol. The molecule has 3 heterocycles. The second kappa shape index (κ2) is 4.40. The second-order valence-corrected chi connectivity index (χ2v) is 5.26. The fourth-order valence-electron chi connectivity index (χ4n) is 3.00. The van der Waals surface area contributed by atoms with Crippen LogP contribution in [0.3, 0.4) is 0 Å². The Bertz CT molecular complexity index is 608. The Hall–Kier alpha value is -1.78. The van der Waals surface area contributed by atoms with Gasteiger partial charge in [0, 0.05) is 31.0 Å². The van der Waals surface area contributed by atoms with Crippen molar-refractivity contribution >= 4 is 5.95 Å². The van der Waals surface area contributed by atoms with Crippen LogP contribution in [-0.4, -0.2) is 25.9 Å². The fraction of sp³-hybridized carbons (Fsp3) is 0.571. The molecule has 2 aromatic heterocycles. The Morgan fingerprint density at radius 3 is 2.84 bits per heavy atom. The highest BCUT2D eigenvalue weighted by molar-refractivity contribution is 5.38. The average Bonchev–Trinajstić information content (AvgIpc) is 2.91. The summed E-state index contributed by atoms with van der Waals surface area (Å²) in [5.74, 6) is 0.996. The van der Waals surface area contributed by atoms with Gasteiger partial charge in [-0.15, -0.1) is 0 Å². The van der Waals surface area contributed by atoms with Crippen molar-refractivity contribution in [3.05, 3.63) is 28.8 Å². The lowest BCUT2D eigenvalue weighted by Gasteiger charge is -2.26. The molecule has 1 unspecified atom stereocenters. The van der Waals surface area contributed by atoms with Crippen LogP contribution in [0.5, 0.6) is 0 Å². The first-order valence-corrected chi connectivity index (χ1v) is 6.93. The zero-order chi connectivity index (χ0) is 13.6. The number of aromatic nitrogens is 4. The second-order valence-electron chi connectivity index (χ2n) is 5.26. The first kappa shape index (κ1) is 12.3. The summed E-state index contributed by atoms with van der Waals surface area (Å²) in [6.07, 6.45) is 4.23. The minimum atomic E-state index is 0.359. The van der Waals surface area contributed by atoms with E-state index in [9.17, 15) is 0 Å². The molecule has 0 spiro atoms. The van der Waals surface area contributed by atoms with Gasteiger partial charge in [-0.2, -0.15) is 5.10 Å². The van der Waals surface area contributed by atoms with E-state index in [4.69, 9.17) is 0 Å². The van der Waals surface area contributed by atoms with Crippen LogP contribution in [0.15, 0.2) is 6.20 Å². The molecule has 0 fully saturated rings. The molecule has 1 atom stereocenters. The number of rotatable bonds is 2. The Morgan fingerprint density at radius 1 is 1.42 bits per heavy atom. The Kier molecular flexibility index (Phi) is 2.84. The number of hydrogen-bond acceptors (Lipinski definition) is 3. The van der Waals surface area contributed by atoms with Gasteiger partial charge in [-0.1, -0.05) is 6.92 Å². The predicted octanol–water partition coefficient (Wildman–Crippen LogP) is 2.20. The number of anilines is 1. The highest BCUT2D eigenvalue weighted by atomic mass is 15.3. The van der Waals surface area contributed by atoms with Crippen molar-refractivity contribution in [3.8, 4) is 0 Å². The minimum Gasteiger partial charge on any atom is -0.356 e. The van der Waals surface area contributed by atoms with Gasteiger partial charge in [-0.3, -0.25) is 4.68 Å². The highest BCUT2D eigenvalue weighted by Gasteiger charge is 2.27. The van der Waals surface area contributed by atoms with E-state index in [1.54, 1.807) is 0 Å². The summed E-state index contributed by atoms with van der Waals surface area (Å²) >= 11 is 0. The molecule has 1 N–H and O–H groups in total. The summed E-state index contributed by atoms with van der Waals surface area (Å²) in [4.78, 5) is 4.64. The molecule has 1 aliphatic heterocycles. The molecule has 19 heavy (non-hydrogen) atoms. The van der Waals surface area contributed by atoms with E-state index < -0.39 is 0 Å². The van der Waals surface area contributed by atoms with Crippen LogP contribution in [0.25, 0.3) is 0 Å². The molecule has 1 aliphatic rings. The van der Waals surface area contributed by atoms with Crippen LogP contribution >= 0.6 is 0 Å². The molecule has 102 valence electrons. The lowest BCUT2D eigenvalue weighted by Crippen LogP contribution is -2.24. The Labute approximate surface area is 113 Å². The maximum Gasteiger partial charge on any atom is 0.203 e. The number of hydrogen-bond donors (Lipinski definition) is 1. The SMILES string of the molecule is CCc1cn2c(n1)NCCC2c1c(C)nn(C)c1C. The predicted molar refractivity (Wildman–Crippen MR) is 75.5 cm³/mol. The van der Waals surface area contributed by atoms with E-state index in [1.165, 1.54) is 11.3 Å². The molecule has 0 saturated heterocycles. The zero-order valence-electron chi connectivity index (χ0n) is 12.1. The summed E-state index contributed by atoms with van der Waals surface area (Å²) in [6.45, 7) is 7.36. The van der Waals surface area contributed by atoms with Gasteiger partial charge in [0.2, 0.25) is 5.95 Å². The summed E-state index contributed by atoms with van der Waals surface area (Å²) in [5, 5.41) is 7.94. The molecule has 0 bridgehead atoms. The van der Waals surface area contributed by atoms with E-state index in [-0.39, 0.29) is 0 Å². The lowest BCUT2D eigenvalue weighted by atomic mass is 10.0. The monoisotopic (exact) mass is 259 g/mol. The number of aryl methyl sites for hydroxylation is 3. The first-order chi connectivity index (χ1) is 9.11. The van der Waals surface area contributed by atoms with Crippen molar-refractivity contribution in [1.82, 2.24) is 19.3 Å². The van der Waals surface area contributed by atoms with Crippen molar-refractivity contribution in [3.63, 3.8) is 0 Å². The molecule has 5 heteroatoms. The third-order valence-corrected chi connectivity index (χ3v) is 4.08. The molecule has 0 radical (unpaired) electrons. The van der Waals surface area contributed by atoms with Crippen LogP contribution in [0.4, 0.5) is 5.95 Å². The number of fused-ring (bicyclic) bond motifs is 1. The Morgan fingerprint density at radius 2 is 2.21 bits per heavy atom. The van der Waals surface area contributed by atoms with E-state index in [0.29, 0.717) is 6.04 Å². The Balaban J connectivity index is 2.10. The third kappa shape index (κ3) is 1.84. The van der Waals surface area contributed by atoms with Crippen molar-refractivity contribution in [2.45, 2.75) is 39.7 Å². The van der Waals surface area contributed by atoms with Gasteiger partial charge in [0.25, 0.3) is 0 Å². The lowest BCUT2D eigenvalue weighted by molar-refractivity contribution is 0.525. The topological polar surface area (TPSA) is 47.7 Å². The van der Waals surface area contributed by atoms with Crippen LogP contribution in [0, 0.1) is 13.8 Å². The van der Waals surface area contributed by atoms with Crippen LogP contribution in [0.2, 0.25) is 0 Å². The van der Waals surface area contributed by atoms with Crippen molar-refractivity contribution in [2.75, 3.05) is 11.9 Å². The van der Waals surface area contributed by atoms with E-state index in [2.05, 4.69) is 46.9 Å². The van der Waals surface area contributed by atoms with Gasteiger partial charge in [-0.05, 0) is 26.7 Å². The van der Waals surface area contributed by atoms with Crippen molar-refractivity contribution in [2.24, 2.45) is 7.05 Å². The van der Waals surface area contributed by atoms with Crippen LogP contribution < -0.4 is 5.32 Å². The van der Waals surface area contributed by atoms with Gasteiger partial charge in [0.1, 0.15) is 0 Å². The van der Waals surface area contributed by atoms with Gasteiger partial charge in [0.15, 0.2) is 0 Å². The molecule has 5 nitrogen and oxygen atoms in total. The molecule has 0 aliphatic carbocycles. The summed E-state index contributed by atoms with van der Waals surface area (Å²) in [6, 6.07) is 0.359. The molecule has 0 aromatic carbocycles.